The molecule has 2 amide bonds. The van der Waals surface area contributed by atoms with Crippen molar-refractivity contribution in [2.45, 2.75) is 32.7 Å². The van der Waals surface area contributed by atoms with E-state index in [1.807, 2.05) is 19.0 Å². The van der Waals surface area contributed by atoms with E-state index in [9.17, 15) is 9.59 Å². The molecule has 1 heterocycles. The number of carbonyl (C=O) groups is 2. The lowest BCUT2D eigenvalue weighted by molar-refractivity contribution is -0.135. The van der Waals surface area contributed by atoms with Crippen molar-refractivity contribution in [2.75, 3.05) is 40.0 Å². The van der Waals surface area contributed by atoms with Gasteiger partial charge in [-0.2, -0.15) is 0 Å². The van der Waals surface area contributed by atoms with E-state index in [-0.39, 0.29) is 13.2 Å². The van der Waals surface area contributed by atoms with Crippen LogP contribution < -0.4 is 11.1 Å². The number of nitrogens with zero attached hydrogens (tertiary/aromatic N) is 4. The highest BCUT2D eigenvalue weighted by molar-refractivity contribution is 6.12. The number of hydrogen-bond donors (Lipinski definition) is 4. The molecule has 1 aromatic rings. The smallest absolute Gasteiger partial charge is 0.246 e. The first kappa shape index (κ1) is 28.4. The molecular weight excluding hydrogens is 408 g/mol. The molecule has 0 spiro atoms. The zero-order chi connectivity index (χ0) is 24.5. The molecule has 10 nitrogen and oxygen atoms in total. The average Bonchev–Trinajstić information content (AvgIpc) is 2.75. The molecule has 0 unspecified atom stereocenters. The van der Waals surface area contributed by atoms with Crippen LogP contribution in [-0.2, 0) is 9.59 Å². The third-order valence-corrected chi connectivity index (χ3v) is 4.06. The summed E-state index contributed by atoms with van der Waals surface area (Å²) < 4.78 is 0. The molecule has 32 heavy (non-hydrogen) atoms. The first-order valence-electron chi connectivity index (χ1n) is 10.1. The first-order chi connectivity index (χ1) is 15.1. The maximum Gasteiger partial charge on any atom is 0.246 e. The number of unbranched alkanes of at least 4 members (excludes halogenated alkanes) is 1. The zero-order valence-corrected chi connectivity index (χ0v) is 19.5. The molecular formula is C22H36N8O2. The van der Waals surface area contributed by atoms with Crippen molar-refractivity contribution >= 4 is 30.1 Å². The van der Waals surface area contributed by atoms with Crippen LogP contribution in [0.3, 0.4) is 0 Å². The lowest BCUT2D eigenvalue weighted by Gasteiger charge is -2.23. The Kier molecular flexibility index (Phi) is 14.3. The minimum atomic E-state index is -0.549. The van der Waals surface area contributed by atoms with Gasteiger partial charge >= 0.3 is 0 Å². The van der Waals surface area contributed by atoms with Gasteiger partial charge in [-0.25, -0.2) is 9.97 Å². The average molecular weight is 445 g/mol. The summed E-state index contributed by atoms with van der Waals surface area (Å²) in [5.41, 5.74) is 6.39. The van der Waals surface area contributed by atoms with Crippen molar-refractivity contribution in [3.8, 4) is 11.8 Å². The third kappa shape index (κ3) is 12.2. The molecule has 0 bridgehead atoms. The lowest BCUT2D eigenvalue weighted by atomic mass is 10.2. The number of anilines is 1. The molecule has 0 aliphatic carbocycles. The van der Waals surface area contributed by atoms with Crippen LogP contribution in [0.1, 0.15) is 32.6 Å². The number of nitrogen functional groups attached to an aromatic ring is 1. The summed E-state index contributed by atoms with van der Waals surface area (Å²) in [5, 5.41) is 15.0. The van der Waals surface area contributed by atoms with Gasteiger partial charge in [-0.3, -0.25) is 9.59 Å². The van der Waals surface area contributed by atoms with Crippen LogP contribution in [0.25, 0.3) is 0 Å². The maximum atomic E-state index is 12.2. The quantitative estimate of drug-likeness (QED) is 0.194. The summed E-state index contributed by atoms with van der Waals surface area (Å²) in [7, 11) is 5.46. The third-order valence-electron chi connectivity index (χ3n) is 4.06. The normalized spacial score (nSPS) is 10.9. The molecule has 0 aliphatic heterocycles. The monoisotopic (exact) mass is 444 g/mol. The lowest BCUT2D eigenvalue weighted by Crippen LogP contribution is -2.45. The van der Waals surface area contributed by atoms with Crippen molar-refractivity contribution in [3.05, 3.63) is 29.7 Å². The molecule has 0 aromatic carbocycles. The molecule has 1 atom stereocenters. The standard InChI is InChI=1S/C20H30N6O2.C2H4N2.H2/c1-15(26(5)18(27)11-9-13-25(3)4)20(28)22-12-8-6-7-10-17-14-23-16(2)24-19(17)21;3-1-2-4;/h9,11,14-15H,6,8,12-13H2,1-5H3,(H,22,28)(H2,21,23,24);1-4H;1H/b11-9+;;/t15-;;/m0../s1. The number of amides is 2. The molecule has 0 radical (unpaired) electrons. The van der Waals surface area contributed by atoms with E-state index in [1.54, 1.807) is 33.2 Å². The van der Waals surface area contributed by atoms with E-state index in [0.29, 0.717) is 43.1 Å². The molecule has 10 heteroatoms. The predicted octanol–water partition coefficient (Wildman–Crippen LogP) is 1.11. The molecule has 0 aliphatic rings. The number of nitrogens with two attached hydrogens (primary N) is 1. The number of hydrogen-bond acceptors (Lipinski definition) is 8. The van der Waals surface area contributed by atoms with Gasteiger partial charge in [-0.05, 0) is 34.4 Å². The molecule has 0 saturated heterocycles. The minimum Gasteiger partial charge on any atom is -0.383 e. The fraction of sp³-hybridized carbons (Fsp3) is 0.455. The van der Waals surface area contributed by atoms with Crippen LogP contribution in [0.5, 0.6) is 0 Å². The van der Waals surface area contributed by atoms with Gasteiger partial charge in [0.25, 0.3) is 0 Å². The number of aromatic nitrogens is 2. The number of rotatable bonds is 9. The Balaban J connectivity index is 0. The van der Waals surface area contributed by atoms with Crippen LogP contribution in [-0.4, -0.2) is 84.3 Å². The van der Waals surface area contributed by atoms with E-state index >= 15 is 0 Å². The Morgan fingerprint density at radius 2 is 1.97 bits per heavy atom. The van der Waals surface area contributed by atoms with Crippen molar-refractivity contribution in [3.63, 3.8) is 0 Å². The van der Waals surface area contributed by atoms with Crippen LogP contribution in [0.4, 0.5) is 5.82 Å². The van der Waals surface area contributed by atoms with Gasteiger partial charge in [0, 0.05) is 52.7 Å². The van der Waals surface area contributed by atoms with Crippen LogP contribution >= 0.6 is 0 Å². The molecule has 5 N–H and O–H groups in total. The van der Waals surface area contributed by atoms with Crippen molar-refractivity contribution in [2.24, 2.45) is 0 Å². The number of carbonyl (C=O) groups excluding carboxylic acids is 2. The Morgan fingerprint density at radius 1 is 1.31 bits per heavy atom. The second-order valence-corrected chi connectivity index (χ2v) is 7.04. The second-order valence-electron chi connectivity index (χ2n) is 7.04. The predicted molar refractivity (Wildman–Crippen MR) is 130 cm³/mol. The summed E-state index contributed by atoms with van der Waals surface area (Å²) in [6.07, 6.45) is 7.99. The van der Waals surface area contributed by atoms with E-state index in [2.05, 4.69) is 27.1 Å². The van der Waals surface area contributed by atoms with Gasteiger partial charge in [0.05, 0.1) is 5.56 Å². The molecule has 176 valence electrons. The molecule has 1 aromatic heterocycles. The first-order valence-corrected chi connectivity index (χ1v) is 10.1. The summed E-state index contributed by atoms with van der Waals surface area (Å²) >= 11 is 0. The highest BCUT2D eigenvalue weighted by Crippen LogP contribution is 2.05. The van der Waals surface area contributed by atoms with Gasteiger partial charge in [-0.15, -0.1) is 0 Å². The number of nitrogens with one attached hydrogen (secondary N) is 3. The van der Waals surface area contributed by atoms with Gasteiger partial charge in [0.15, 0.2) is 0 Å². The van der Waals surface area contributed by atoms with Crippen molar-refractivity contribution in [1.29, 1.82) is 10.8 Å². The van der Waals surface area contributed by atoms with E-state index < -0.39 is 6.04 Å². The van der Waals surface area contributed by atoms with Crippen molar-refractivity contribution in [1.82, 2.24) is 25.1 Å². The van der Waals surface area contributed by atoms with Crippen LogP contribution in [0.2, 0.25) is 0 Å². The van der Waals surface area contributed by atoms with Crippen LogP contribution in [0.15, 0.2) is 18.3 Å². The second kappa shape index (κ2) is 16.2. The Labute approximate surface area is 191 Å². The SMILES string of the molecule is Cc1ncc(C#CCCCNC(=O)[C@H](C)N(C)C(=O)/C=C/CN(C)C)c(N)n1.N=CC=N.[HH]. The van der Waals surface area contributed by atoms with E-state index in [4.69, 9.17) is 16.6 Å². The summed E-state index contributed by atoms with van der Waals surface area (Å²) in [4.78, 5) is 35.8. The number of likely N-dealkylation sites (N-methyl/N-ethyl adjacent to an activating group) is 2. The van der Waals surface area contributed by atoms with Gasteiger partial charge in [0.1, 0.15) is 17.7 Å². The Bertz CT molecular complexity index is 856. The van der Waals surface area contributed by atoms with Gasteiger partial charge < -0.3 is 31.7 Å². The van der Waals surface area contributed by atoms with Crippen molar-refractivity contribution < 1.29 is 11.0 Å². The molecule has 0 fully saturated rings. The Hall–Kier alpha value is -3.58. The fourth-order valence-corrected chi connectivity index (χ4v) is 2.13. The summed E-state index contributed by atoms with van der Waals surface area (Å²) in [5.74, 6) is 6.52. The topological polar surface area (TPSA) is 152 Å². The largest absolute Gasteiger partial charge is 0.383 e. The van der Waals surface area contributed by atoms with Gasteiger partial charge in [0.2, 0.25) is 11.8 Å². The maximum absolute atomic E-state index is 12.2. The van der Waals surface area contributed by atoms with E-state index in [0.717, 1.165) is 12.4 Å². The number of aryl methyl sites for hydroxylation is 1. The highest BCUT2D eigenvalue weighted by Gasteiger charge is 2.20. The highest BCUT2D eigenvalue weighted by atomic mass is 16.2. The van der Waals surface area contributed by atoms with E-state index in [1.165, 1.54) is 11.0 Å². The minimum absolute atomic E-state index is 0. The van der Waals surface area contributed by atoms with Crippen LogP contribution in [0, 0.1) is 29.6 Å². The van der Waals surface area contributed by atoms with Gasteiger partial charge in [-0.1, -0.05) is 17.9 Å². The fourth-order valence-electron chi connectivity index (χ4n) is 2.13. The summed E-state index contributed by atoms with van der Waals surface area (Å²) in [6.45, 7) is 4.62. The zero-order valence-electron chi connectivity index (χ0n) is 19.5. The molecule has 0 saturated carbocycles. The summed E-state index contributed by atoms with van der Waals surface area (Å²) in [6, 6.07) is -0.549. The molecule has 1 rings (SSSR count). The Morgan fingerprint density at radius 3 is 2.53 bits per heavy atom.